The van der Waals surface area contributed by atoms with Crippen LogP contribution in [0.2, 0.25) is 0 Å². The SMILES string of the molecule is CCCn1c(=O)n(CC(=O)Nc2nnc(C3CC3)s2)c2ccccc21. The predicted molar refractivity (Wildman–Crippen MR) is 97.0 cm³/mol. The van der Waals surface area contributed by atoms with Crippen LogP contribution < -0.4 is 11.0 Å². The minimum absolute atomic E-state index is 0.0333. The molecule has 0 saturated heterocycles. The van der Waals surface area contributed by atoms with Gasteiger partial charge in [0.1, 0.15) is 11.6 Å². The van der Waals surface area contributed by atoms with E-state index in [9.17, 15) is 9.59 Å². The number of aromatic nitrogens is 4. The zero-order valence-electron chi connectivity index (χ0n) is 13.9. The first kappa shape index (κ1) is 16.0. The highest BCUT2D eigenvalue weighted by Crippen LogP contribution is 2.42. The molecule has 1 aliphatic rings. The zero-order valence-corrected chi connectivity index (χ0v) is 14.8. The summed E-state index contributed by atoms with van der Waals surface area (Å²) in [5.41, 5.74) is 1.47. The highest BCUT2D eigenvalue weighted by atomic mass is 32.1. The average Bonchev–Trinajstić information content (AvgIpc) is 3.31. The monoisotopic (exact) mass is 357 g/mol. The van der Waals surface area contributed by atoms with Crippen LogP contribution in [0.4, 0.5) is 5.13 Å². The lowest BCUT2D eigenvalue weighted by Gasteiger charge is -2.03. The smallest absolute Gasteiger partial charge is 0.299 e. The molecule has 0 atom stereocenters. The van der Waals surface area contributed by atoms with Crippen LogP contribution in [-0.2, 0) is 17.9 Å². The van der Waals surface area contributed by atoms with E-state index in [4.69, 9.17) is 0 Å². The first-order valence-corrected chi connectivity index (χ1v) is 9.30. The van der Waals surface area contributed by atoms with Gasteiger partial charge in [0.05, 0.1) is 11.0 Å². The Balaban J connectivity index is 1.57. The van der Waals surface area contributed by atoms with Gasteiger partial charge in [-0.15, -0.1) is 10.2 Å². The third-order valence-electron chi connectivity index (χ3n) is 4.29. The second-order valence-electron chi connectivity index (χ2n) is 6.28. The van der Waals surface area contributed by atoms with E-state index < -0.39 is 0 Å². The molecule has 0 spiro atoms. The normalized spacial score (nSPS) is 14.1. The summed E-state index contributed by atoms with van der Waals surface area (Å²) in [7, 11) is 0. The van der Waals surface area contributed by atoms with Crippen molar-refractivity contribution >= 4 is 33.4 Å². The molecular formula is C17H19N5O2S. The molecule has 1 saturated carbocycles. The lowest BCUT2D eigenvalue weighted by Crippen LogP contribution is -2.29. The summed E-state index contributed by atoms with van der Waals surface area (Å²) in [4.78, 5) is 25.1. The molecule has 1 amide bonds. The topological polar surface area (TPSA) is 81.8 Å². The van der Waals surface area contributed by atoms with Crippen LogP contribution in [0.25, 0.3) is 11.0 Å². The molecule has 1 aromatic carbocycles. The fourth-order valence-electron chi connectivity index (χ4n) is 2.95. The molecule has 1 fully saturated rings. The van der Waals surface area contributed by atoms with Crippen molar-refractivity contribution < 1.29 is 4.79 Å². The quantitative estimate of drug-likeness (QED) is 0.735. The zero-order chi connectivity index (χ0) is 17.4. The number of aryl methyl sites for hydroxylation is 1. The van der Waals surface area contributed by atoms with Crippen molar-refractivity contribution in [2.24, 2.45) is 0 Å². The first-order valence-electron chi connectivity index (χ1n) is 8.48. The fourth-order valence-corrected chi connectivity index (χ4v) is 3.88. The van der Waals surface area contributed by atoms with Gasteiger partial charge in [-0.25, -0.2) is 4.79 Å². The Morgan fingerprint density at radius 3 is 2.64 bits per heavy atom. The highest BCUT2D eigenvalue weighted by Gasteiger charge is 2.27. The second kappa shape index (κ2) is 6.44. The molecular weight excluding hydrogens is 338 g/mol. The molecule has 0 unspecified atom stereocenters. The van der Waals surface area contributed by atoms with E-state index in [0.717, 1.165) is 35.3 Å². The van der Waals surface area contributed by atoms with Gasteiger partial charge in [-0.05, 0) is 31.4 Å². The van der Waals surface area contributed by atoms with Crippen LogP contribution in [0.5, 0.6) is 0 Å². The summed E-state index contributed by atoms with van der Waals surface area (Å²) in [6.07, 6.45) is 3.15. The molecule has 0 radical (unpaired) electrons. The third-order valence-corrected chi connectivity index (χ3v) is 5.29. The summed E-state index contributed by atoms with van der Waals surface area (Å²) in [6, 6.07) is 7.55. The van der Waals surface area contributed by atoms with E-state index in [0.29, 0.717) is 17.6 Å². The van der Waals surface area contributed by atoms with Gasteiger partial charge < -0.3 is 0 Å². The van der Waals surface area contributed by atoms with Crippen molar-refractivity contribution in [2.45, 2.75) is 45.2 Å². The maximum atomic E-state index is 12.7. The minimum atomic E-state index is -0.264. The lowest BCUT2D eigenvalue weighted by molar-refractivity contribution is -0.116. The van der Waals surface area contributed by atoms with Crippen molar-refractivity contribution in [1.29, 1.82) is 0 Å². The Hall–Kier alpha value is -2.48. The Morgan fingerprint density at radius 1 is 1.24 bits per heavy atom. The number of hydrogen-bond acceptors (Lipinski definition) is 5. The number of anilines is 1. The Bertz CT molecular complexity index is 982. The molecule has 25 heavy (non-hydrogen) atoms. The van der Waals surface area contributed by atoms with Crippen LogP contribution in [0, 0.1) is 0 Å². The van der Waals surface area contributed by atoms with E-state index in [2.05, 4.69) is 15.5 Å². The summed E-state index contributed by atoms with van der Waals surface area (Å²) in [5, 5.41) is 12.4. The maximum absolute atomic E-state index is 12.7. The van der Waals surface area contributed by atoms with Gasteiger partial charge in [0, 0.05) is 12.5 Å². The largest absolute Gasteiger partial charge is 0.329 e. The Kier molecular flexibility index (Phi) is 4.12. The number of imidazole rings is 1. The van der Waals surface area contributed by atoms with Crippen LogP contribution in [0.3, 0.4) is 0 Å². The number of nitrogens with one attached hydrogen (secondary N) is 1. The number of hydrogen-bond donors (Lipinski definition) is 1. The minimum Gasteiger partial charge on any atom is -0.299 e. The van der Waals surface area contributed by atoms with Crippen molar-refractivity contribution in [2.75, 3.05) is 5.32 Å². The molecule has 8 heteroatoms. The number of nitrogens with zero attached hydrogens (tertiary/aromatic N) is 4. The summed E-state index contributed by atoms with van der Waals surface area (Å²) >= 11 is 1.42. The molecule has 4 rings (SSSR count). The summed E-state index contributed by atoms with van der Waals surface area (Å²) in [5.74, 6) is 0.248. The van der Waals surface area contributed by atoms with Crippen LogP contribution in [0.15, 0.2) is 29.1 Å². The van der Waals surface area contributed by atoms with Crippen molar-refractivity contribution in [3.8, 4) is 0 Å². The molecule has 0 bridgehead atoms. The number of rotatable bonds is 6. The van der Waals surface area contributed by atoms with E-state index >= 15 is 0 Å². The number of carbonyl (C=O) groups excluding carboxylic acids is 1. The van der Waals surface area contributed by atoms with Crippen molar-refractivity contribution in [3.63, 3.8) is 0 Å². The lowest BCUT2D eigenvalue weighted by atomic mass is 10.3. The number of carbonyl (C=O) groups is 1. The second-order valence-corrected chi connectivity index (χ2v) is 7.29. The van der Waals surface area contributed by atoms with Crippen LogP contribution in [0.1, 0.15) is 37.1 Å². The van der Waals surface area contributed by atoms with Gasteiger partial charge in [0.15, 0.2) is 0 Å². The molecule has 2 heterocycles. The highest BCUT2D eigenvalue weighted by molar-refractivity contribution is 7.15. The summed E-state index contributed by atoms with van der Waals surface area (Å²) in [6.45, 7) is 2.63. The van der Waals surface area contributed by atoms with Gasteiger partial charge in [-0.1, -0.05) is 30.4 Å². The molecule has 7 nitrogen and oxygen atoms in total. The van der Waals surface area contributed by atoms with Gasteiger partial charge in [-0.3, -0.25) is 19.2 Å². The van der Waals surface area contributed by atoms with Crippen LogP contribution >= 0.6 is 11.3 Å². The molecule has 1 N–H and O–H groups in total. The van der Waals surface area contributed by atoms with E-state index in [1.165, 1.54) is 15.9 Å². The first-order chi connectivity index (χ1) is 12.2. The van der Waals surface area contributed by atoms with Gasteiger partial charge >= 0.3 is 5.69 Å². The Morgan fingerprint density at radius 2 is 1.96 bits per heavy atom. The maximum Gasteiger partial charge on any atom is 0.329 e. The summed E-state index contributed by atoms with van der Waals surface area (Å²) < 4.78 is 3.24. The van der Waals surface area contributed by atoms with E-state index in [1.54, 1.807) is 4.57 Å². The van der Waals surface area contributed by atoms with Crippen molar-refractivity contribution in [1.82, 2.24) is 19.3 Å². The Labute approximate surface area is 148 Å². The molecule has 0 aliphatic heterocycles. The third kappa shape index (κ3) is 3.09. The van der Waals surface area contributed by atoms with Crippen LogP contribution in [-0.4, -0.2) is 25.2 Å². The standard InChI is InChI=1S/C17H19N5O2S/c1-2-9-21-12-5-3-4-6-13(12)22(17(21)24)10-14(23)18-16-20-19-15(25-16)11-7-8-11/h3-6,11H,2,7-10H2,1H3,(H,18,20,23). The van der Waals surface area contributed by atoms with Gasteiger partial charge in [0.2, 0.25) is 11.0 Å². The molecule has 130 valence electrons. The molecule has 1 aliphatic carbocycles. The van der Waals surface area contributed by atoms with Gasteiger partial charge in [-0.2, -0.15) is 0 Å². The number of amides is 1. The number of benzene rings is 1. The van der Waals surface area contributed by atoms with E-state index in [1.807, 2.05) is 31.2 Å². The average molecular weight is 357 g/mol. The number of fused-ring (bicyclic) bond motifs is 1. The predicted octanol–water partition coefficient (Wildman–Crippen LogP) is 2.58. The molecule has 3 aromatic rings. The van der Waals surface area contributed by atoms with Crippen molar-refractivity contribution in [3.05, 3.63) is 39.8 Å². The number of para-hydroxylation sites is 2. The van der Waals surface area contributed by atoms with E-state index in [-0.39, 0.29) is 18.1 Å². The van der Waals surface area contributed by atoms with Gasteiger partial charge in [0.25, 0.3) is 0 Å². The fraction of sp³-hybridized carbons (Fsp3) is 0.412. The molecule has 2 aromatic heterocycles.